The molecule has 2 aliphatic rings. The van der Waals surface area contributed by atoms with Gasteiger partial charge in [0.2, 0.25) is 11.2 Å². The Hall–Kier alpha value is -4.30. The van der Waals surface area contributed by atoms with Gasteiger partial charge in [0, 0.05) is 24.2 Å². The molecular formula is C25H20F3N7O3S. The Bertz CT molecular complexity index is 1530. The number of rotatable bonds is 5. The molecule has 1 atom stereocenters. The lowest BCUT2D eigenvalue weighted by Crippen LogP contribution is -2.36. The molecule has 0 bridgehead atoms. The molecule has 0 saturated carbocycles. The topological polar surface area (TPSA) is 118 Å². The lowest BCUT2D eigenvalue weighted by atomic mass is 10.0. The first-order valence-corrected chi connectivity index (χ1v) is 12.7. The van der Waals surface area contributed by atoms with Crippen LogP contribution >= 0.6 is 11.3 Å². The largest absolute Gasteiger partial charge is 0.443 e. The molecule has 4 aromatic rings. The molecule has 1 unspecified atom stereocenters. The van der Waals surface area contributed by atoms with Gasteiger partial charge in [0.05, 0.1) is 24.6 Å². The van der Waals surface area contributed by atoms with Crippen LogP contribution in [0.15, 0.2) is 64.0 Å². The third-order valence-electron chi connectivity index (χ3n) is 6.03. The molecule has 4 heterocycles. The number of carbonyl (C=O) groups is 1. The van der Waals surface area contributed by atoms with Gasteiger partial charge in [-0.15, -0.1) is 5.10 Å². The zero-order valence-corrected chi connectivity index (χ0v) is 20.9. The number of morpholine rings is 1. The second kappa shape index (κ2) is 10.1. The Morgan fingerprint density at radius 1 is 1.03 bits per heavy atom. The Balaban J connectivity index is 1.33. The number of fused-ring (bicyclic) bond motifs is 1. The number of aliphatic imine (C=N–C) groups is 1. The first-order valence-electron chi connectivity index (χ1n) is 11.9. The van der Waals surface area contributed by atoms with Gasteiger partial charge < -0.3 is 24.7 Å². The fourth-order valence-electron chi connectivity index (χ4n) is 4.23. The van der Waals surface area contributed by atoms with Crippen LogP contribution in [-0.4, -0.2) is 59.3 Å². The van der Waals surface area contributed by atoms with E-state index in [0.29, 0.717) is 49.0 Å². The molecule has 6 rings (SSSR count). The van der Waals surface area contributed by atoms with Crippen LogP contribution < -0.4 is 15.5 Å². The van der Waals surface area contributed by atoms with Crippen molar-refractivity contribution in [2.24, 2.45) is 4.99 Å². The van der Waals surface area contributed by atoms with Crippen molar-refractivity contribution >= 4 is 39.7 Å². The number of aromatic nitrogens is 3. The molecular weight excluding hydrogens is 535 g/mol. The summed E-state index contributed by atoms with van der Waals surface area (Å²) in [7, 11) is 0. The molecule has 200 valence electrons. The second-order valence-electron chi connectivity index (χ2n) is 8.61. The highest BCUT2D eigenvalue weighted by molar-refractivity contribution is 7.16. The zero-order valence-electron chi connectivity index (χ0n) is 20.1. The number of anilines is 3. The third kappa shape index (κ3) is 5.07. The predicted molar refractivity (Wildman–Crippen MR) is 138 cm³/mol. The number of benzodiazepines with no additional fused rings is 1. The molecule has 1 fully saturated rings. The maximum Gasteiger partial charge on any atom is 0.443 e. The minimum atomic E-state index is -4.64. The summed E-state index contributed by atoms with van der Waals surface area (Å²) in [5, 5.41) is 12.7. The molecule has 1 amide bonds. The van der Waals surface area contributed by atoms with Gasteiger partial charge in [-0.2, -0.15) is 13.2 Å². The van der Waals surface area contributed by atoms with Gasteiger partial charge in [-0.05, 0) is 6.07 Å². The van der Waals surface area contributed by atoms with Gasteiger partial charge in [-0.1, -0.05) is 65.0 Å². The van der Waals surface area contributed by atoms with E-state index in [9.17, 15) is 18.0 Å². The number of benzene rings is 2. The van der Waals surface area contributed by atoms with Crippen LogP contribution in [0.2, 0.25) is 0 Å². The number of nitrogens with one attached hydrogen (secondary N) is 2. The van der Waals surface area contributed by atoms with Gasteiger partial charge in [0.25, 0.3) is 11.8 Å². The maximum atomic E-state index is 13.5. The first-order chi connectivity index (χ1) is 18.9. The van der Waals surface area contributed by atoms with Crippen molar-refractivity contribution in [3.63, 3.8) is 0 Å². The van der Waals surface area contributed by atoms with E-state index in [1.54, 1.807) is 17.0 Å². The summed E-state index contributed by atoms with van der Waals surface area (Å²) in [5.41, 5.74) is 2.58. The molecule has 2 aromatic heterocycles. The summed E-state index contributed by atoms with van der Waals surface area (Å²) in [6.45, 7) is 1.53. The third-order valence-corrected chi connectivity index (χ3v) is 7.19. The van der Waals surface area contributed by atoms with Gasteiger partial charge >= 0.3 is 12.2 Å². The quantitative estimate of drug-likeness (QED) is 0.375. The Morgan fingerprint density at radius 2 is 1.77 bits per heavy atom. The molecule has 0 spiro atoms. The van der Waals surface area contributed by atoms with Crippen molar-refractivity contribution in [2.45, 2.75) is 12.3 Å². The predicted octanol–water partition coefficient (Wildman–Crippen LogP) is 4.28. The number of halogens is 3. The number of para-hydroxylation sites is 1. The highest BCUT2D eigenvalue weighted by Gasteiger charge is 2.38. The van der Waals surface area contributed by atoms with Gasteiger partial charge in [0.1, 0.15) is 5.00 Å². The Labute approximate surface area is 223 Å². The van der Waals surface area contributed by atoms with Crippen LogP contribution in [0.1, 0.15) is 16.1 Å². The summed E-state index contributed by atoms with van der Waals surface area (Å²) in [4.78, 5) is 23.3. The lowest BCUT2D eigenvalue weighted by Gasteiger charge is -2.27. The fraction of sp³-hybridized carbons (Fsp3) is 0.240. The van der Waals surface area contributed by atoms with E-state index in [-0.39, 0.29) is 22.6 Å². The summed E-state index contributed by atoms with van der Waals surface area (Å²) >= 11 is 0.507. The summed E-state index contributed by atoms with van der Waals surface area (Å²) in [5.74, 6) is -0.689. The molecule has 10 nitrogen and oxygen atoms in total. The molecule has 2 N–H and O–H groups in total. The van der Waals surface area contributed by atoms with E-state index in [0.717, 1.165) is 11.1 Å². The maximum absolute atomic E-state index is 13.5. The molecule has 2 aliphatic heterocycles. The number of amides is 1. The first kappa shape index (κ1) is 25.0. The minimum Gasteiger partial charge on any atom is -0.402 e. The highest BCUT2D eigenvalue weighted by Crippen LogP contribution is 2.42. The van der Waals surface area contributed by atoms with Crippen LogP contribution in [0.5, 0.6) is 0 Å². The van der Waals surface area contributed by atoms with Crippen molar-refractivity contribution in [1.29, 1.82) is 0 Å². The summed E-state index contributed by atoms with van der Waals surface area (Å²) < 4.78 is 51.5. The molecule has 14 heteroatoms. The van der Waals surface area contributed by atoms with Gasteiger partial charge in [0.15, 0.2) is 5.69 Å². The number of alkyl halides is 3. The van der Waals surface area contributed by atoms with Crippen molar-refractivity contribution < 1.29 is 27.1 Å². The van der Waals surface area contributed by atoms with Gasteiger partial charge in [-0.25, -0.2) is 9.98 Å². The molecule has 39 heavy (non-hydrogen) atoms. The Morgan fingerprint density at radius 3 is 2.54 bits per heavy atom. The molecule has 1 saturated heterocycles. The summed E-state index contributed by atoms with van der Waals surface area (Å²) in [6, 6.07) is 16.4. The minimum absolute atomic E-state index is 0.0824. The second-order valence-corrected chi connectivity index (χ2v) is 9.59. The van der Waals surface area contributed by atoms with E-state index in [1.807, 2.05) is 42.5 Å². The smallest absolute Gasteiger partial charge is 0.402 e. The van der Waals surface area contributed by atoms with Crippen LogP contribution in [0.4, 0.5) is 29.9 Å². The lowest BCUT2D eigenvalue weighted by molar-refractivity contribution is -0.137. The van der Waals surface area contributed by atoms with Crippen LogP contribution in [-0.2, 0) is 15.7 Å². The standard InChI is InChI=1S/C25H20F3N7O3S/c26-25(27,28)23-31-18(22(39-23)35-10-12-37-13-11-35)21-33-34-24(38-21)32-19-20(36)29-16-9-5-4-8-15(16)17(30-19)14-6-2-1-3-7-14/h1-9,19H,10-13H2,(H,29,36)(H,32,34). The van der Waals surface area contributed by atoms with Crippen molar-refractivity contribution in [2.75, 3.05) is 41.8 Å². The number of carbonyl (C=O) groups excluding carboxylic acids is 1. The molecule has 0 radical (unpaired) electrons. The fourth-order valence-corrected chi connectivity index (χ4v) is 5.21. The number of nitrogens with zero attached hydrogens (tertiary/aromatic N) is 5. The van der Waals surface area contributed by atoms with E-state index < -0.39 is 23.3 Å². The van der Waals surface area contributed by atoms with Crippen molar-refractivity contribution in [3.05, 3.63) is 70.7 Å². The highest BCUT2D eigenvalue weighted by atomic mass is 32.1. The number of ether oxygens (including phenoxy) is 1. The summed E-state index contributed by atoms with van der Waals surface area (Å²) in [6.07, 6.45) is -5.80. The van der Waals surface area contributed by atoms with E-state index in [4.69, 9.17) is 9.15 Å². The molecule has 0 aliphatic carbocycles. The van der Waals surface area contributed by atoms with Crippen molar-refractivity contribution in [3.8, 4) is 11.6 Å². The number of hydrogen-bond donors (Lipinski definition) is 2. The number of hydrogen-bond acceptors (Lipinski definition) is 10. The van der Waals surface area contributed by atoms with Crippen LogP contribution in [0.3, 0.4) is 0 Å². The van der Waals surface area contributed by atoms with Crippen LogP contribution in [0.25, 0.3) is 11.6 Å². The Kier molecular flexibility index (Phi) is 6.48. The number of thiazole rings is 1. The SMILES string of the molecule is O=C1Nc2ccccc2C(c2ccccc2)=NC1Nc1nnc(-c2nc(C(F)(F)F)sc2N2CCOCC2)o1. The normalized spacial score (nSPS) is 17.7. The molecule has 2 aromatic carbocycles. The zero-order chi connectivity index (χ0) is 27.0. The van der Waals surface area contributed by atoms with Gasteiger partial charge in [-0.3, -0.25) is 4.79 Å². The van der Waals surface area contributed by atoms with Crippen LogP contribution in [0, 0.1) is 0 Å². The average Bonchev–Trinajstić information content (AvgIpc) is 3.57. The van der Waals surface area contributed by atoms with E-state index in [2.05, 4.69) is 30.8 Å². The average molecular weight is 556 g/mol. The van der Waals surface area contributed by atoms with E-state index in [1.165, 1.54) is 0 Å². The van der Waals surface area contributed by atoms with E-state index >= 15 is 0 Å². The van der Waals surface area contributed by atoms with Crippen molar-refractivity contribution in [1.82, 2.24) is 15.2 Å². The monoisotopic (exact) mass is 555 g/mol.